The number of nitrogens with one attached hydrogen (secondary N) is 1. The second-order valence-electron chi connectivity index (χ2n) is 4.57. The molecule has 0 saturated carbocycles. The maximum absolute atomic E-state index is 12.5. The van der Waals surface area contributed by atoms with Gasteiger partial charge in [0.05, 0.1) is 14.9 Å². The van der Waals surface area contributed by atoms with Crippen LogP contribution in [-0.4, -0.2) is 38.9 Å². The van der Waals surface area contributed by atoms with E-state index >= 15 is 0 Å². The van der Waals surface area contributed by atoms with Gasteiger partial charge in [-0.2, -0.15) is 4.31 Å². The molecule has 0 unspecified atom stereocenters. The smallest absolute Gasteiger partial charge is 0.243 e. The number of nitrogens with zero attached hydrogens (tertiary/aromatic N) is 1. The van der Waals surface area contributed by atoms with E-state index in [2.05, 4.69) is 5.32 Å². The van der Waals surface area contributed by atoms with Gasteiger partial charge >= 0.3 is 0 Å². The Kier molecular flexibility index (Phi) is 4.74. The first-order valence-electron chi connectivity index (χ1n) is 6.07. The number of piperidine rings is 1. The molecule has 1 aromatic carbocycles. The van der Waals surface area contributed by atoms with Gasteiger partial charge in [0, 0.05) is 19.1 Å². The molecule has 1 heterocycles. The number of hydrogen-bond donors (Lipinski definition) is 1. The standard InChI is InChI=1S/C12H16Cl2N2O2S/c1-15-9-3-2-6-16(8-9)19(17,18)10-4-5-11(13)12(14)7-10/h4-5,7,9,15H,2-3,6,8H2,1H3/t9-/m1/s1. The van der Waals surface area contributed by atoms with E-state index in [9.17, 15) is 8.42 Å². The molecule has 0 radical (unpaired) electrons. The quantitative estimate of drug-likeness (QED) is 0.929. The first-order chi connectivity index (χ1) is 8.95. The highest BCUT2D eigenvalue weighted by Gasteiger charge is 2.29. The molecule has 1 aromatic rings. The van der Waals surface area contributed by atoms with Crippen molar-refractivity contribution in [3.63, 3.8) is 0 Å². The molecule has 1 fully saturated rings. The van der Waals surface area contributed by atoms with Crippen LogP contribution in [0.3, 0.4) is 0 Å². The molecule has 1 aliphatic heterocycles. The highest BCUT2D eigenvalue weighted by molar-refractivity contribution is 7.89. The Morgan fingerprint density at radius 1 is 1.32 bits per heavy atom. The monoisotopic (exact) mass is 322 g/mol. The maximum atomic E-state index is 12.5. The normalized spacial score (nSPS) is 21.5. The molecule has 1 saturated heterocycles. The van der Waals surface area contributed by atoms with E-state index in [1.54, 1.807) is 0 Å². The van der Waals surface area contributed by atoms with Crippen LogP contribution in [0.2, 0.25) is 10.0 Å². The Morgan fingerprint density at radius 2 is 2.05 bits per heavy atom. The van der Waals surface area contributed by atoms with Gasteiger partial charge < -0.3 is 5.32 Å². The van der Waals surface area contributed by atoms with Crippen molar-refractivity contribution in [1.82, 2.24) is 9.62 Å². The van der Waals surface area contributed by atoms with Crippen LogP contribution in [0.15, 0.2) is 23.1 Å². The SMILES string of the molecule is CN[C@@H]1CCCN(S(=O)(=O)c2ccc(Cl)c(Cl)c2)C1. The van der Waals surface area contributed by atoms with Gasteiger partial charge in [-0.3, -0.25) is 0 Å². The minimum Gasteiger partial charge on any atom is -0.316 e. The molecule has 0 aromatic heterocycles. The Balaban J connectivity index is 2.28. The number of rotatable bonds is 3. The summed E-state index contributed by atoms with van der Waals surface area (Å²) in [6.07, 6.45) is 1.84. The van der Waals surface area contributed by atoms with Crippen molar-refractivity contribution in [3.8, 4) is 0 Å². The fourth-order valence-electron chi connectivity index (χ4n) is 2.18. The molecule has 1 aliphatic rings. The highest BCUT2D eigenvalue weighted by atomic mass is 35.5. The molecule has 2 rings (SSSR count). The van der Waals surface area contributed by atoms with Crippen LogP contribution in [0.1, 0.15) is 12.8 Å². The van der Waals surface area contributed by atoms with E-state index in [1.807, 2.05) is 7.05 Å². The zero-order valence-electron chi connectivity index (χ0n) is 10.6. The van der Waals surface area contributed by atoms with E-state index < -0.39 is 10.0 Å². The topological polar surface area (TPSA) is 49.4 Å². The van der Waals surface area contributed by atoms with Crippen LogP contribution < -0.4 is 5.32 Å². The molecule has 0 amide bonds. The largest absolute Gasteiger partial charge is 0.316 e. The average Bonchev–Trinajstić information content (AvgIpc) is 2.41. The third-order valence-electron chi connectivity index (χ3n) is 3.32. The zero-order valence-corrected chi connectivity index (χ0v) is 12.9. The number of likely N-dealkylation sites (N-methyl/N-ethyl adjacent to an activating group) is 1. The second kappa shape index (κ2) is 5.97. The Hall–Kier alpha value is -0.330. The molecule has 0 spiro atoms. The van der Waals surface area contributed by atoms with E-state index in [1.165, 1.54) is 22.5 Å². The summed E-state index contributed by atoms with van der Waals surface area (Å²) < 4.78 is 26.5. The van der Waals surface area contributed by atoms with Crippen molar-refractivity contribution in [2.75, 3.05) is 20.1 Å². The Labute approximate surface area is 123 Å². The van der Waals surface area contributed by atoms with Gasteiger partial charge in [-0.05, 0) is 38.1 Å². The molecular weight excluding hydrogens is 307 g/mol. The summed E-state index contributed by atoms with van der Waals surface area (Å²) in [6, 6.07) is 4.61. The van der Waals surface area contributed by atoms with Gasteiger partial charge in [0.2, 0.25) is 10.0 Å². The summed E-state index contributed by atoms with van der Waals surface area (Å²) in [5.41, 5.74) is 0. The van der Waals surface area contributed by atoms with Gasteiger partial charge in [-0.25, -0.2) is 8.42 Å². The molecule has 0 bridgehead atoms. The van der Waals surface area contributed by atoms with Gasteiger partial charge in [0.1, 0.15) is 0 Å². The molecule has 1 N–H and O–H groups in total. The lowest BCUT2D eigenvalue weighted by Crippen LogP contribution is -2.46. The highest BCUT2D eigenvalue weighted by Crippen LogP contribution is 2.27. The molecule has 106 valence electrons. The van der Waals surface area contributed by atoms with Gasteiger partial charge in [0.15, 0.2) is 0 Å². The third kappa shape index (κ3) is 3.23. The van der Waals surface area contributed by atoms with Crippen molar-refractivity contribution < 1.29 is 8.42 Å². The summed E-state index contributed by atoms with van der Waals surface area (Å²) in [4.78, 5) is 0.193. The fourth-order valence-corrected chi connectivity index (χ4v) is 4.10. The van der Waals surface area contributed by atoms with Crippen molar-refractivity contribution in [1.29, 1.82) is 0 Å². The van der Waals surface area contributed by atoms with Crippen LogP contribution in [-0.2, 0) is 10.0 Å². The lowest BCUT2D eigenvalue weighted by atomic mass is 10.1. The summed E-state index contributed by atoms with van der Waals surface area (Å²) in [5, 5.41) is 3.73. The van der Waals surface area contributed by atoms with Gasteiger partial charge in [0.25, 0.3) is 0 Å². The van der Waals surface area contributed by atoms with Crippen LogP contribution >= 0.6 is 23.2 Å². The van der Waals surface area contributed by atoms with Gasteiger partial charge in [-0.1, -0.05) is 23.2 Å². The predicted molar refractivity (Wildman–Crippen MR) is 77.3 cm³/mol. The Bertz CT molecular complexity index is 563. The Morgan fingerprint density at radius 3 is 2.68 bits per heavy atom. The first-order valence-corrected chi connectivity index (χ1v) is 8.27. The molecular formula is C12H16Cl2N2O2S. The summed E-state index contributed by atoms with van der Waals surface area (Å²) in [5.74, 6) is 0. The zero-order chi connectivity index (χ0) is 14.0. The van der Waals surface area contributed by atoms with E-state index in [0.29, 0.717) is 18.1 Å². The minimum atomic E-state index is -3.49. The van der Waals surface area contributed by atoms with Crippen LogP contribution in [0.5, 0.6) is 0 Å². The van der Waals surface area contributed by atoms with Gasteiger partial charge in [-0.15, -0.1) is 0 Å². The summed E-state index contributed by atoms with van der Waals surface area (Å²) in [7, 11) is -1.65. The van der Waals surface area contributed by atoms with Crippen molar-refractivity contribution in [2.45, 2.75) is 23.8 Å². The average molecular weight is 323 g/mol. The lowest BCUT2D eigenvalue weighted by molar-refractivity contribution is 0.293. The van der Waals surface area contributed by atoms with Crippen molar-refractivity contribution in [3.05, 3.63) is 28.2 Å². The molecule has 1 atom stereocenters. The molecule has 4 nitrogen and oxygen atoms in total. The lowest BCUT2D eigenvalue weighted by Gasteiger charge is -2.31. The number of halogens is 2. The fraction of sp³-hybridized carbons (Fsp3) is 0.500. The predicted octanol–water partition coefficient (Wildman–Crippen LogP) is 2.37. The molecule has 0 aliphatic carbocycles. The summed E-state index contributed by atoms with van der Waals surface area (Å²) in [6.45, 7) is 1.03. The van der Waals surface area contributed by atoms with Crippen molar-refractivity contribution >= 4 is 33.2 Å². The number of hydrogen-bond acceptors (Lipinski definition) is 3. The minimum absolute atomic E-state index is 0.193. The maximum Gasteiger partial charge on any atom is 0.243 e. The molecule has 7 heteroatoms. The molecule has 19 heavy (non-hydrogen) atoms. The van der Waals surface area contributed by atoms with Crippen LogP contribution in [0.25, 0.3) is 0 Å². The van der Waals surface area contributed by atoms with E-state index in [0.717, 1.165) is 12.8 Å². The second-order valence-corrected chi connectivity index (χ2v) is 7.32. The van der Waals surface area contributed by atoms with Crippen molar-refractivity contribution in [2.24, 2.45) is 0 Å². The first kappa shape index (κ1) is 15.1. The van der Waals surface area contributed by atoms with Crippen LogP contribution in [0.4, 0.5) is 0 Å². The number of sulfonamides is 1. The van der Waals surface area contributed by atoms with Crippen LogP contribution in [0, 0.1) is 0 Å². The van der Waals surface area contributed by atoms with E-state index in [4.69, 9.17) is 23.2 Å². The summed E-state index contributed by atoms with van der Waals surface area (Å²) >= 11 is 11.7. The van der Waals surface area contributed by atoms with E-state index in [-0.39, 0.29) is 16.0 Å². The number of benzene rings is 1. The third-order valence-corrected chi connectivity index (χ3v) is 5.92.